The summed E-state index contributed by atoms with van der Waals surface area (Å²) in [5.41, 5.74) is 2.68. The number of hydrogen-bond acceptors (Lipinski definition) is 4. The van der Waals surface area contributed by atoms with Crippen molar-refractivity contribution >= 4 is 17.4 Å². The average Bonchev–Trinajstić information content (AvgIpc) is 3.42. The van der Waals surface area contributed by atoms with Gasteiger partial charge >= 0.3 is 0 Å². The molecular weight excluding hydrogens is 356 g/mol. The Morgan fingerprint density at radius 3 is 2.70 bits per heavy atom. The molecule has 0 bridgehead atoms. The molecule has 6 heteroatoms. The standard InChI is InChI=1S/C21H18N4OS/c26-21(18-8-4-7-17(13-18)20-9-10-23-27-20)24-19(14-25-12-11-22-15-25)16-5-2-1-3-6-16/h1-13,15,19H,14H2,(H,24,26). The van der Waals surface area contributed by atoms with Crippen LogP contribution in [-0.4, -0.2) is 19.8 Å². The van der Waals surface area contributed by atoms with Crippen molar-refractivity contribution in [3.8, 4) is 10.4 Å². The lowest BCUT2D eigenvalue weighted by Gasteiger charge is -2.20. The second-order valence-electron chi connectivity index (χ2n) is 6.15. The molecule has 0 saturated heterocycles. The summed E-state index contributed by atoms with van der Waals surface area (Å²) in [6, 6.07) is 19.4. The number of aromatic nitrogens is 3. The Morgan fingerprint density at radius 1 is 1.07 bits per heavy atom. The molecule has 1 N–H and O–H groups in total. The van der Waals surface area contributed by atoms with Gasteiger partial charge in [-0.2, -0.15) is 0 Å². The van der Waals surface area contributed by atoms with Gasteiger partial charge in [0.05, 0.1) is 17.2 Å². The van der Waals surface area contributed by atoms with E-state index in [1.54, 1.807) is 18.7 Å². The van der Waals surface area contributed by atoms with Gasteiger partial charge < -0.3 is 9.88 Å². The molecule has 0 aliphatic rings. The lowest BCUT2D eigenvalue weighted by Crippen LogP contribution is -2.31. The molecule has 4 aromatic rings. The summed E-state index contributed by atoms with van der Waals surface area (Å²) in [4.78, 5) is 18.1. The van der Waals surface area contributed by atoms with Crippen molar-refractivity contribution < 1.29 is 4.79 Å². The van der Waals surface area contributed by atoms with Crippen molar-refractivity contribution in [3.05, 3.63) is 96.7 Å². The Morgan fingerprint density at radius 2 is 1.96 bits per heavy atom. The number of benzene rings is 2. The molecule has 27 heavy (non-hydrogen) atoms. The summed E-state index contributed by atoms with van der Waals surface area (Å²) in [5, 5.41) is 3.16. The maximum atomic E-state index is 12.9. The number of nitrogens with zero attached hydrogens (tertiary/aromatic N) is 3. The number of imidazole rings is 1. The first kappa shape index (κ1) is 17.2. The van der Waals surface area contributed by atoms with Crippen LogP contribution in [0.1, 0.15) is 22.0 Å². The number of amides is 1. The van der Waals surface area contributed by atoms with Crippen LogP contribution in [0, 0.1) is 0 Å². The number of carbonyl (C=O) groups is 1. The van der Waals surface area contributed by atoms with E-state index in [0.29, 0.717) is 12.1 Å². The molecular formula is C21H18N4OS. The SMILES string of the molecule is O=C(NC(Cn1ccnc1)c1ccccc1)c1cccc(-c2ccns2)c1. The quantitative estimate of drug-likeness (QED) is 0.551. The lowest BCUT2D eigenvalue weighted by atomic mass is 10.0. The first-order valence-electron chi connectivity index (χ1n) is 8.62. The predicted octanol–water partition coefficient (Wildman–Crippen LogP) is 4.18. The molecule has 0 radical (unpaired) electrons. The second kappa shape index (κ2) is 7.97. The Balaban J connectivity index is 1.57. The van der Waals surface area contributed by atoms with Crippen molar-refractivity contribution in [1.29, 1.82) is 0 Å². The number of rotatable bonds is 6. The topological polar surface area (TPSA) is 59.8 Å². The third-order valence-corrected chi connectivity index (χ3v) is 5.10. The summed E-state index contributed by atoms with van der Waals surface area (Å²) in [6.45, 7) is 0.615. The van der Waals surface area contributed by atoms with Crippen LogP contribution < -0.4 is 5.32 Å². The van der Waals surface area contributed by atoms with Crippen LogP contribution in [0.3, 0.4) is 0 Å². The molecule has 5 nitrogen and oxygen atoms in total. The van der Waals surface area contributed by atoms with Crippen molar-refractivity contribution in [3.63, 3.8) is 0 Å². The Labute approximate surface area is 161 Å². The molecule has 134 valence electrons. The van der Waals surface area contributed by atoms with Crippen molar-refractivity contribution in [2.45, 2.75) is 12.6 Å². The van der Waals surface area contributed by atoms with Crippen molar-refractivity contribution in [2.24, 2.45) is 0 Å². The van der Waals surface area contributed by atoms with Crippen LogP contribution in [0.5, 0.6) is 0 Å². The van der Waals surface area contributed by atoms with E-state index in [1.165, 1.54) is 11.5 Å². The minimum absolute atomic E-state index is 0.102. The zero-order valence-electron chi connectivity index (χ0n) is 14.5. The normalized spacial score (nSPS) is 11.9. The molecule has 0 fully saturated rings. The second-order valence-corrected chi connectivity index (χ2v) is 6.99. The summed E-state index contributed by atoms with van der Waals surface area (Å²) in [5.74, 6) is -0.102. The van der Waals surface area contributed by atoms with Gasteiger partial charge in [-0.15, -0.1) is 0 Å². The van der Waals surface area contributed by atoms with Gasteiger partial charge in [-0.25, -0.2) is 9.36 Å². The highest BCUT2D eigenvalue weighted by molar-refractivity contribution is 7.09. The van der Waals surface area contributed by atoms with Gasteiger partial charge in [0.2, 0.25) is 0 Å². The summed E-state index contributed by atoms with van der Waals surface area (Å²) >= 11 is 1.42. The fourth-order valence-corrected chi connectivity index (χ4v) is 3.53. The monoisotopic (exact) mass is 374 g/mol. The Hall–Kier alpha value is -3.25. The van der Waals surface area contributed by atoms with Crippen LogP contribution in [0.4, 0.5) is 0 Å². The zero-order valence-corrected chi connectivity index (χ0v) is 15.3. The maximum absolute atomic E-state index is 12.9. The molecule has 1 amide bonds. The van der Waals surface area contributed by atoms with Gasteiger partial charge in [-0.05, 0) is 40.9 Å². The van der Waals surface area contributed by atoms with Crippen LogP contribution in [0.25, 0.3) is 10.4 Å². The fourth-order valence-electron chi connectivity index (χ4n) is 2.95. The molecule has 0 aliphatic carbocycles. The summed E-state index contributed by atoms with van der Waals surface area (Å²) in [6.07, 6.45) is 7.16. The van der Waals surface area contributed by atoms with E-state index in [0.717, 1.165) is 16.0 Å². The molecule has 0 saturated carbocycles. The molecule has 2 aromatic carbocycles. The molecule has 2 aromatic heterocycles. The third-order valence-electron chi connectivity index (χ3n) is 4.31. The minimum atomic E-state index is -0.153. The van der Waals surface area contributed by atoms with Gasteiger partial charge in [0.1, 0.15) is 0 Å². The van der Waals surface area contributed by atoms with E-state index in [1.807, 2.05) is 71.4 Å². The van der Waals surface area contributed by atoms with Crippen LogP contribution in [-0.2, 0) is 6.54 Å². The van der Waals surface area contributed by atoms with E-state index < -0.39 is 0 Å². The first-order valence-corrected chi connectivity index (χ1v) is 9.39. The van der Waals surface area contributed by atoms with Gasteiger partial charge in [-0.3, -0.25) is 4.79 Å². The fraction of sp³-hybridized carbons (Fsp3) is 0.0952. The van der Waals surface area contributed by atoms with Crippen LogP contribution in [0.15, 0.2) is 85.6 Å². The predicted molar refractivity (Wildman–Crippen MR) is 106 cm³/mol. The lowest BCUT2D eigenvalue weighted by molar-refractivity contribution is 0.0932. The van der Waals surface area contributed by atoms with Gasteiger partial charge in [0.15, 0.2) is 0 Å². The summed E-state index contributed by atoms with van der Waals surface area (Å²) in [7, 11) is 0. The molecule has 1 unspecified atom stereocenters. The van der Waals surface area contributed by atoms with Gasteiger partial charge in [-0.1, -0.05) is 42.5 Å². The highest BCUT2D eigenvalue weighted by atomic mass is 32.1. The van der Waals surface area contributed by atoms with Crippen LogP contribution >= 0.6 is 11.5 Å². The Kier molecular flexibility index (Phi) is 5.07. The highest BCUT2D eigenvalue weighted by Crippen LogP contribution is 2.24. The zero-order chi connectivity index (χ0) is 18.5. The molecule has 4 rings (SSSR count). The van der Waals surface area contributed by atoms with E-state index in [-0.39, 0.29) is 11.9 Å². The average molecular weight is 374 g/mol. The van der Waals surface area contributed by atoms with Gasteiger partial charge in [0.25, 0.3) is 5.91 Å². The highest BCUT2D eigenvalue weighted by Gasteiger charge is 2.17. The number of carbonyl (C=O) groups excluding carboxylic acids is 1. The summed E-state index contributed by atoms with van der Waals surface area (Å²) < 4.78 is 6.10. The molecule has 1 atom stereocenters. The molecule has 0 spiro atoms. The van der Waals surface area contributed by atoms with E-state index >= 15 is 0 Å². The largest absolute Gasteiger partial charge is 0.343 e. The molecule has 0 aliphatic heterocycles. The Bertz CT molecular complexity index is 998. The van der Waals surface area contributed by atoms with Crippen molar-refractivity contribution in [2.75, 3.05) is 0 Å². The van der Waals surface area contributed by atoms with E-state index in [4.69, 9.17) is 0 Å². The third kappa shape index (κ3) is 4.12. The minimum Gasteiger partial charge on any atom is -0.343 e. The van der Waals surface area contributed by atoms with Crippen LogP contribution in [0.2, 0.25) is 0 Å². The smallest absolute Gasteiger partial charge is 0.251 e. The van der Waals surface area contributed by atoms with Crippen molar-refractivity contribution in [1.82, 2.24) is 19.2 Å². The first-order chi connectivity index (χ1) is 13.3. The molecule has 2 heterocycles. The maximum Gasteiger partial charge on any atom is 0.251 e. The van der Waals surface area contributed by atoms with E-state index in [2.05, 4.69) is 14.7 Å². The number of hydrogen-bond donors (Lipinski definition) is 1. The number of nitrogens with one attached hydrogen (secondary N) is 1. The van der Waals surface area contributed by atoms with E-state index in [9.17, 15) is 4.79 Å². The van der Waals surface area contributed by atoms with Gasteiger partial charge in [0, 0.05) is 30.7 Å².